The summed E-state index contributed by atoms with van der Waals surface area (Å²) in [7, 11) is 0. The molecule has 5 unspecified atom stereocenters. The first-order valence-corrected chi connectivity index (χ1v) is 11.0. The molecule has 1 spiro atoms. The van der Waals surface area contributed by atoms with Crippen LogP contribution in [0.25, 0.3) is 0 Å². The first kappa shape index (κ1) is 23.5. The summed E-state index contributed by atoms with van der Waals surface area (Å²) in [6, 6.07) is -0.910. The van der Waals surface area contributed by atoms with Crippen LogP contribution in [-0.4, -0.2) is 80.8 Å². The lowest BCUT2D eigenvalue weighted by molar-refractivity contribution is -0.152. The summed E-state index contributed by atoms with van der Waals surface area (Å²) < 4.78 is 6.12. The summed E-state index contributed by atoms with van der Waals surface area (Å²) in [5, 5.41) is 18.8. The van der Waals surface area contributed by atoms with Gasteiger partial charge in [0.15, 0.2) is 0 Å². The number of unbranched alkanes of at least 4 members (excludes halogenated alkanes) is 3. The van der Waals surface area contributed by atoms with Crippen molar-refractivity contribution < 1.29 is 29.3 Å². The number of carbonyl (C=O) groups is 3. The molecule has 2 bridgehead atoms. The van der Waals surface area contributed by atoms with Gasteiger partial charge in [-0.15, -0.1) is 6.58 Å². The third-order valence-electron chi connectivity index (χ3n) is 6.59. The normalized spacial score (nSPS) is 31.2. The van der Waals surface area contributed by atoms with E-state index in [2.05, 4.69) is 6.58 Å². The lowest BCUT2D eigenvalue weighted by Crippen LogP contribution is -2.59. The summed E-state index contributed by atoms with van der Waals surface area (Å²) in [5.41, 5.74) is -1.76. The van der Waals surface area contributed by atoms with Crippen LogP contribution in [0.5, 0.6) is 0 Å². The fraction of sp³-hybridized carbons (Fsp3) is 0.696. The number of carbonyl (C=O) groups excluding carboxylic acids is 2. The van der Waals surface area contributed by atoms with Gasteiger partial charge in [-0.1, -0.05) is 31.1 Å². The van der Waals surface area contributed by atoms with Crippen molar-refractivity contribution >= 4 is 17.8 Å². The van der Waals surface area contributed by atoms with Crippen molar-refractivity contribution in [2.24, 2.45) is 11.8 Å². The van der Waals surface area contributed by atoms with Crippen LogP contribution in [0.15, 0.2) is 24.8 Å². The van der Waals surface area contributed by atoms with Crippen LogP contribution in [0.3, 0.4) is 0 Å². The maximum absolute atomic E-state index is 13.9. The van der Waals surface area contributed by atoms with E-state index in [1.54, 1.807) is 23.1 Å². The van der Waals surface area contributed by atoms with E-state index in [0.29, 0.717) is 25.9 Å². The van der Waals surface area contributed by atoms with Crippen LogP contribution in [0, 0.1) is 11.8 Å². The number of hydrogen-bond donors (Lipinski definition) is 2. The number of aliphatic hydroxyl groups is 1. The van der Waals surface area contributed by atoms with Gasteiger partial charge in [0.2, 0.25) is 11.8 Å². The number of ether oxygens (including phenoxy) is 1. The molecule has 0 aromatic carbocycles. The quantitative estimate of drug-likeness (QED) is 0.399. The van der Waals surface area contributed by atoms with E-state index >= 15 is 0 Å². The second-order valence-electron chi connectivity index (χ2n) is 9.62. The van der Waals surface area contributed by atoms with Gasteiger partial charge in [-0.3, -0.25) is 14.4 Å². The number of aliphatic carboxylic acids is 1. The van der Waals surface area contributed by atoms with Crippen molar-refractivity contribution in [1.29, 1.82) is 0 Å². The van der Waals surface area contributed by atoms with E-state index in [1.807, 2.05) is 20.8 Å². The second-order valence-corrected chi connectivity index (χ2v) is 9.62. The Labute approximate surface area is 183 Å². The van der Waals surface area contributed by atoms with Crippen LogP contribution >= 0.6 is 0 Å². The number of fused-ring (bicyclic) bond motifs is 1. The zero-order valence-electron chi connectivity index (χ0n) is 18.6. The molecule has 172 valence electrons. The molecule has 3 rings (SSSR count). The van der Waals surface area contributed by atoms with E-state index in [1.165, 1.54) is 4.90 Å². The number of nitrogens with zero attached hydrogens (tertiary/aromatic N) is 2. The van der Waals surface area contributed by atoms with Gasteiger partial charge in [0.05, 0.1) is 12.0 Å². The summed E-state index contributed by atoms with van der Waals surface area (Å²) >= 11 is 0. The molecule has 2 N–H and O–H groups in total. The molecule has 0 radical (unpaired) electrons. The largest absolute Gasteiger partial charge is 0.481 e. The Morgan fingerprint density at radius 3 is 2.55 bits per heavy atom. The Bertz CT molecular complexity index is 773. The summed E-state index contributed by atoms with van der Waals surface area (Å²) in [6.07, 6.45) is 7.36. The van der Waals surface area contributed by atoms with Gasteiger partial charge >= 0.3 is 5.97 Å². The van der Waals surface area contributed by atoms with Crippen molar-refractivity contribution in [2.45, 2.75) is 69.7 Å². The zero-order chi connectivity index (χ0) is 23.0. The highest BCUT2D eigenvalue weighted by Gasteiger charge is 2.73. The standard InChI is InChI=1S/C23H34N2O6/c1-5-12-25(22(2,3)4)20(28)18-23-11-10-15(31-23)16(21(29)30)17(23)19(27)24(18)13-8-6-7-9-14-26/h5,10-11,15-18,26H,1,6-9,12-14H2,2-4H3,(H,29,30). The highest BCUT2D eigenvalue weighted by atomic mass is 16.5. The molecule has 0 aromatic heterocycles. The Hall–Kier alpha value is -2.19. The van der Waals surface area contributed by atoms with Crippen molar-refractivity contribution in [3.63, 3.8) is 0 Å². The molecule has 0 aromatic rings. The number of amides is 2. The number of aliphatic hydroxyl groups excluding tert-OH is 1. The van der Waals surface area contributed by atoms with E-state index in [9.17, 15) is 19.5 Å². The van der Waals surface area contributed by atoms with Crippen LogP contribution in [0.1, 0.15) is 46.5 Å². The molecule has 0 saturated carbocycles. The average Bonchev–Trinajstić information content (AvgIpc) is 3.32. The van der Waals surface area contributed by atoms with Crippen molar-refractivity contribution in [3.05, 3.63) is 24.8 Å². The molecule has 31 heavy (non-hydrogen) atoms. The Morgan fingerprint density at radius 2 is 1.97 bits per heavy atom. The van der Waals surface area contributed by atoms with E-state index in [4.69, 9.17) is 9.84 Å². The van der Waals surface area contributed by atoms with E-state index < -0.39 is 41.1 Å². The molecule has 3 aliphatic heterocycles. The van der Waals surface area contributed by atoms with Gasteiger partial charge in [0.1, 0.15) is 17.6 Å². The molecule has 2 fully saturated rings. The maximum Gasteiger partial charge on any atom is 0.310 e. The molecule has 3 aliphatic rings. The van der Waals surface area contributed by atoms with E-state index in [0.717, 1.165) is 12.8 Å². The molecular weight excluding hydrogens is 400 g/mol. The Morgan fingerprint density at radius 1 is 1.29 bits per heavy atom. The van der Waals surface area contributed by atoms with Gasteiger partial charge in [0, 0.05) is 25.2 Å². The highest BCUT2D eigenvalue weighted by molar-refractivity contribution is 5.99. The van der Waals surface area contributed by atoms with Gasteiger partial charge in [-0.2, -0.15) is 0 Å². The summed E-state index contributed by atoms with van der Waals surface area (Å²) in [6.45, 7) is 10.3. The topological polar surface area (TPSA) is 107 Å². The average molecular weight is 435 g/mol. The van der Waals surface area contributed by atoms with Crippen molar-refractivity contribution in [1.82, 2.24) is 9.80 Å². The minimum Gasteiger partial charge on any atom is -0.481 e. The lowest BCUT2D eigenvalue weighted by atomic mass is 9.74. The molecule has 5 atom stereocenters. The smallest absolute Gasteiger partial charge is 0.310 e. The molecule has 2 saturated heterocycles. The predicted octanol–water partition coefficient (Wildman–Crippen LogP) is 1.59. The fourth-order valence-corrected chi connectivity index (χ4v) is 5.19. The van der Waals surface area contributed by atoms with Gasteiger partial charge in [-0.25, -0.2) is 0 Å². The first-order chi connectivity index (χ1) is 14.6. The molecule has 8 nitrogen and oxygen atoms in total. The van der Waals surface area contributed by atoms with Gasteiger partial charge < -0.3 is 24.7 Å². The van der Waals surface area contributed by atoms with E-state index in [-0.39, 0.29) is 18.4 Å². The third-order valence-corrected chi connectivity index (χ3v) is 6.59. The molecule has 0 aliphatic carbocycles. The SMILES string of the molecule is C=CCN(C(=O)C1N(CCCCCCO)C(=O)C2C(C(=O)O)C3C=CC21O3)C(C)(C)C. The minimum atomic E-state index is -1.25. The fourth-order valence-electron chi connectivity index (χ4n) is 5.19. The van der Waals surface area contributed by atoms with Crippen molar-refractivity contribution in [2.75, 3.05) is 19.7 Å². The molecule has 2 amide bonds. The van der Waals surface area contributed by atoms with Crippen LogP contribution in [0.2, 0.25) is 0 Å². The molecular formula is C23H34N2O6. The van der Waals surface area contributed by atoms with Crippen LogP contribution < -0.4 is 0 Å². The van der Waals surface area contributed by atoms with Crippen LogP contribution in [0.4, 0.5) is 0 Å². The maximum atomic E-state index is 13.9. The molecule has 3 heterocycles. The van der Waals surface area contributed by atoms with Crippen LogP contribution in [-0.2, 0) is 19.1 Å². The first-order valence-electron chi connectivity index (χ1n) is 11.0. The minimum absolute atomic E-state index is 0.122. The number of rotatable bonds is 10. The number of hydrogen-bond acceptors (Lipinski definition) is 5. The Kier molecular flexibility index (Phi) is 6.62. The zero-order valence-corrected chi connectivity index (χ0v) is 18.6. The monoisotopic (exact) mass is 434 g/mol. The number of likely N-dealkylation sites (tertiary alicyclic amines) is 1. The number of carboxylic acids is 1. The summed E-state index contributed by atoms with van der Waals surface area (Å²) in [4.78, 5) is 42.5. The Balaban J connectivity index is 1.96. The summed E-state index contributed by atoms with van der Waals surface area (Å²) in [5.74, 6) is -3.56. The highest BCUT2D eigenvalue weighted by Crippen LogP contribution is 2.55. The lowest BCUT2D eigenvalue weighted by Gasteiger charge is -2.41. The third kappa shape index (κ3) is 3.91. The van der Waals surface area contributed by atoms with Gasteiger partial charge in [-0.05, 0) is 33.6 Å². The van der Waals surface area contributed by atoms with Gasteiger partial charge in [0.25, 0.3) is 0 Å². The predicted molar refractivity (Wildman–Crippen MR) is 114 cm³/mol. The molecule has 8 heteroatoms. The van der Waals surface area contributed by atoms with Crippen molar-refractivity contribution in [3.8, 4) is 0 Å². The second kappa shape index (κ2) is 8.74. The number of carboxylic acid groups (broad SMARTS) is 1.